The van der Waals surface area contributed by atoms with Crippen LogP contribution in [0.1, 0.15) is 11.1 Å². The van der Waals surface area contributed by atoms with Gasteiger partial charge in [-0.1, -0.05) is 24.3 Å². The van der Waals surface area contributed by atoms with E-state index < -0.39 is 15.8 Å². The molecule has 0 saturated carbocycles. The zero-order valence-corrected chi connectivity index (χ0v) is 12.1. The Hall–Kier alpha value is -1.43. The first kappa shape index (κ1) is 15.0. The standard InChI is InChI=1S/C14H13ClFNO2S/c15-9-11-1-3-12(4-2-11)10-17-20(18,19)14-7-5-13(16)6-8-14/h1-8,17H,9-10H2. The van der Waals surface area contributed by atoms with Crippen molar-refractivity contribution < 1.29 is 12.8 Å². The van der Waals surface area contributed by atoms with Crippen LogP contribution in [0.15, 0.2) is 53.4 Å². The molecule has 0 amide bonds. The molecular formula is C14H13ClFNO2S. The van der Waals surface area contributed by atoms with Crippen molar-refractivity contribution in [3.05, 3.63) is 65.5 Å². The van der Waals surface area contributed by atoms with Crippen LogP contribution in [0.2, 0.25) is 0 Å². The van der Waals surface area contributed by atoms with E-state index in [-0.39, 0.29) is 11.4 Å². The zero-order chi connectivity index (χ0) is 14.6. The number of sulfonamides is 1. The highest BCUT2D eigenvalue weighted by Crippen LogP contribution is 2.11. The van der Waals surface area contributed by atoms with Crippen LogP contribution in [-0.2, 0) is 22.4 Å². The van der Waals surface area contributed by atoms with Crippen LogP contribution in [0.3, 0.4) is 0 Å². The van der Waals surface area contributed by atoms with E-state index in [2.05, 4.69) is 4.72 Å². The first-order valence-electron chi connectivity index (χ1n) is 5.90. The Bertz CT molecular complexity index is 669. The smallest absolute Gasteiger partial charge is 0.207 e. The quantitative estimate of drug-likeness (QED) is 0.862. The van der Waals surface area contributed by atoms with Crippen LogP contribution in [-0.4, -0.2) is 8.42 Å². The summed E-state index contributed by atoms with van der Waals surface area (Å²) in [7, 11) is -3.63. The molecule has 0 heterocycles. The van der Waals surface area contributed by atoms with Gasteiger partial charge in [0.15, 0.2) is 0 Å². The Balaban J connectivity index is 2.06. The largest absolute Gasteiger partial charge is 0.240 e. The number of rotatable bonds is 5. The van der Waals surface area contributed by atoms with Crippen molar-refractivity contribution in [1.29, 1.82) is 0 Å². The topological polar surface area (TPSA) is 46.2 Å². The average Bonchev–Trinajstić information content (AvgIpc) is 2.46. The number of halogens is 2. The molecule has 0 fully saturated rings. The molecular weight excluding hydrogens is 301 g/mol. The Labute approximate surface area is 122 Å². The number of nitrogens with one attached hydrogen (secondary N) is 1. The minimum atomic E-state index is -3.63. The third kappa shape index (κ3) is 3.79. The third-order valence-electron chi connectivity index (χ3n) is 2.77. The molecule has 3 nitrogen and oxygen atoms in total. The van der Waals surface area contributed by atoms with E-state index in [0.717, 1.165) is 23.3 Å². The summed E-state index contributed by atoms with van der Waals surface area (Å²) >= 11 is 5.68. The van der Waals surface area contributed by atoms with Gasteiger partial charge in [-0.3, -0.25) is 0 Å². The van der Waals surface area contributed by atoms with Gasteiger partial charge in [-0.05, 0) is 35.4 Å². The number of hydrogen-bond donors (Lipinski definition) is 1. The normalized spacial score (nSPS) is 11.5. The van der Waals surface area contributed by atoms with E-state index >= 15 is 0 Å². The van der Waals surface area contributed by atoms with Gasteiger partial charge in [0.25, 0.3) is 0 Å². The van der Waals surface area contributed by atoms with Gasteiger partial charge < -0.3 is 0 Å². The van der Waals surface area contributed by atoms with Crippen molar-refractivity contribution in [2.75, 3.05) is 0 Å². The Morgan fingerprint density at radius 1 is 0.950 bits per heavy atom. The predicted molar refractivity (Wildman–Crippen MR) is 76.4 cm³/mol. The lowest BCUT2D eigenvalue weighted by molar-refractivity contribution is 0.580. The highest BCUT2D eigenvalue weighted by Gasteiger charge is 2.13. The second-order valence-electron chi connectivity index (χ2n) is 4.23. The fourth-order valence-corrected chi connectivity index (χ4v) is 2.82. The van der Waals surface area contributed by atoms with E-state index in [0.29, 0.717) is 5.88 Å². The number of benzene rings is 2. The highest BCUT2D eigenvalue weighted by molar-refractivity contribution is 7.89. The van der Waals surface area contributed by atoms with Gasteiger partial charge in [0.1, 0.15) is 5.82 Å². The van der Waals surface area contributed by atoms with Crippen molar-refractivity contribution in [2.45, 2.75) is 17.3 Å². The van der Waals surface area contributed by atoms with Crippen molar-refractivity contribution in [2.24, 2.45) is 0 Å². The van der Waals surface area contributed by atoms with Crippen molar-refractivity contribution >= 4 is 21.6 Å². The van der Waals surface area contributed by atoms with Gasteiger partial charge in [-0.2, -0.15) is 0 Å². The van der Waals surface area contributed by atoms with E-state index in [1.54, 1.807) is 0 Å². The summed E-state index contributed by atoms with van der Waals surface area (Å²) in [6, 6.07) is 12.0. The molecule has 0 aliphatic heterocycles. The van der Waals surface area contributed by atoms with Gasteiger partial charge >= 0.3 is 0 Å². The highest BCUT2D eigenvalue weighted by atomic mass is 35.5. The maximum Gasteiger partial charge on any atom is 0.240 e. The SMILES string of the molecule is O=S(=O)(NCc1ccc(CCl)cc1)c1ccc(F)cc1. The summed E-state index contributed by atoms with van der Waals surface area (Å²) in [5, 5.41) is 0. The third-order valence-corrected chi connectivity index (χ3v) is 4.49. The summed E-state index contributed by atoms with van der Waals surface area (Å²) in [5.41, 5.74) is 1.79. The van der Waals surface area contributed by atoms with Gasteiger partial charge in [0.05, 0.1) is 4.90 Å². The molecule has 2 rings (SSSR count). The molecule has 2 aromatic rings. The van der Waals surface area contributed by atoms with E-state index in [1.165, 1.54) is 12.1 Å². The molecule has 6 heteroatoms. The monoisotopic (exact) mass is 313 g/mol. The minimum absolute atomic E-state index is 0.0382. The summed E-state index contributed by atoms with van der Waals surface area (Å²) in [4.78, 5) is 0.0382. The number of hydrogen-bond acceptors (Lipinski definition) is 2. The van der Waals surface area contributed by atoms with E-state index in [1.807, 2.05) is 24.3 Å². The Morgan fingerprint density at radius 2 is 1.50 bits per heavy atom. The van der Waals surface area contributed by atoms with Gasteiger partial charge in [0.2, 0.25) is 10.0 Å². The van der Waals surface area contributed by atoms with Crippen molar-refractivity contribution in [3.63, 3.8) is 0 Å². The molecule has 0 aliphatic carbocycles. The molecule has 1 N–H and O–H groups in total. The van der Waals surface area contributed by atoms with Crippen LogP contribution in [0.4, 0.5) is 4.39 Å². The van der Waals surface area contributed by atoms with Crippen LogP contribution in [0, 0.1) is 5.82 Å². The van der Waals surface area contributed by atoms with Crippen molar-refractivity contribution in [3.8, 4) is 0 Å². The molecule has 2 aromatic carbocycles. The Morgan fingerprint density at radius 3 is 2.05 bits per heavy atom. The van der Waals surface area contributed by atoms with Gasteiger partial charge in [-0.25, -0.2) is 17.5 Å². The average molecular weight is 314 g/mol. The van der Waals surface area contributed by atoms with Crippen LogP contribution in [0.25, 0.3) is 0 Å². The van der Waals surface area contributed by atoms with E-state index in [9.17, 15) is 12.8 Å². The molecule has 0 saturated heterocycles. The van der Waals surface area contributed by atoms with Gasteiger partial charge in [0, 0.05) is 12.4 Å². The lowest BCUT2D eigenvalue weighted by Gasteiger charge is -2.07. The summed E-state index contributed by atoms with van der Waals surface area (Å²) in [5.74, 6) is -0.0534. The van der Waals surface area contributed by atoms with Gasteiger partial charge in [-0.15, -0.1) is 11.6 Å². The molecule has 20 heavy (non-hydrogen) atoms. The zero-order valence-electron chi connectivity index (χ0n) is 10.5. The summed E-state index contributed by atoms with van der Waals surface area (Å²) in [6.07, 6.45) is 0. The molecule has 0 radical (unpaired) electrons. The number of alkyl halides is 1. The second-order valence-corrected chi connectivity index (χ2v) is 6.26. The fraction of sp³-hybridized carbons (Fsp3) is 0.143. The lowest BCUT2D eigenvalue weighted by Crippen LogP contribution is -2.23. The molecule has 0 aliphatic rings. The Kier molecular flexibility index (Phi) is 4.75. The predicted octanol–water partition coefficient (Wildman–Crippen LogP) is 3.04. The molecule has 0 aromatic heterocycles. The van der Waals surface area contributed by atoms with Crippen LogP contribution in [0.5, 0.6) is 0 Å². The minimum Gasteiger partial charge on any atom is -0.207 e. The van der Waals surface area contributed by atoms with Crippen LogP contribution < -0.4 is 4.72 Å². The second kappa shape index (κ2) is 6.35. The fourth-order valence-electron chi connectivity index (χ4n) is 1.62. The summed E-state index contributed by atoms with van der Waals surface area (Å²) in [6.45, 7) is 0.169. The molecule has 106 valence electrons. The van der Waals surface area contributed by atoms with Crippen LogP contribution >= 0.6 is 11.6 Å². The maximum absolute atomic E-state index is 12.8. The molecule has 0 bridgehead atoms. The molecule has 0 atom stereocenters. The van der Waals surface area contributed by atoms with Crippen molar-refractivity contribution in [1.82, 2.24) is 4.72 Å². The maximum atomic E-state index is 12.8. The lowest BCUT2D eigenvalue weighted by atomic mass is 10.1. The molecule has 0 spiro atoms. The molecule has 0 unspecified atom stereocenters. The summed E-state index contributed by atoms with van der Waals surface area (Å²) < 4.78 is 39.2. The first-order chi connectivity index (χ1) is 9.51. The van der Waals surface area contributed by atoms with E-state index in [4.69, 9.17) is 11.6 Å². The first-order valence-corrected chi connectivity index (χ1v) is 7.92.